The van der Waals surface area contributed by atoms with Gasteiger partial charge in [0.1, 0.15) is 5.76 Å². The van der Waals surface area contributed by atoms with Crippen molar-refractivity contribution in [2.75, 3.05) is 52.4 Å². The second-order valence-electron chi connectivity index (χ2n) is 8.45. The number of furan rings is 1. The van der Waals surface area contributed by atoms with E-state index in [2.05, 4.69) is 10.2 Å². The van der Waals surface area contributed by atoms with Gasteiger partial charge in [0.15, 0.2) is 5.96 Å². The summed E-state index contributed by atoms with van der Waals surface area (Å²) in [5.74, 6) is 1.93. The fourth-order valence-electron chi connectivity index (χ4n) is 4.26. The van der Waals surface area contributed by atoms with E-state index >= 15 is 0 Å². The normalized spacial score (nSPS) is 22.3. The van der Waals surface area contributed by atoms with Crippen molar-refractivity contribution in [3.8, 4) is 0 Å². The number of hydrogen-bond donors (Lipinski definition) is 1. The SMILES string of the molecule is CCN(CC1CCN(C(=NCC2CCCCO2)NCCc2ccco2)C1)CC(F)(F)F.I. The summed E-state index contributed by atoms with van der Waals surface area (Å²) in [5.41, 5.74) is 0. The molecule has 32 heavy (non-hydrogen) atoms. The minimum atomic E-state index is -4.16. The summed E-state index contributed by atoms with van der Waals surface area (Å²) in [6, 6.07) is 3.82. The van der Waals surface area contributed by atoms with E-state index in [1.165, 1.54) is 11.3 Å². The van der Waals surface area contributed by atoms with Gasteiger partial charge in [0, 0.05) is 39.2 Å². The number of nitrogens with one attached hydrogen (secondary N) is 1. The lowest BCUT2D eigenvalue weighted by Gasteiger charge is -2.27. The first-order valence-corrected chi connectivity index (χ1v) is 11.4. The van der Waals surface area contributed by atoms with E-state index < -0.39 is 12.7 Å². The molecule has 1 N–H and O–H groups in total. The lowest BCUT2D eigenvalue weighted by Crippen LogP contribution is -2.43. The molecule has 3 heterocycles. The summed E-state index contributed by atoms with van der Waals surface area (Å²) in [6.45, 7) is 5.40. The number of nitrogens with zero attached hydrogens (tertiary/aromatic N) is 3. The van der Waals surface area contributed by atoms with Crippen LogP contribution < -0.4 is 5.32 Å². The number of halogens is 4. The highest BCUT2D eigenvalue weighted by atomic mass is 127. The van der Waals surface area contributed by atoms with Crippen LogP contribution in [0.3, 0.4) is 0 Å². The van der Waals surface area contributed by atoms with Crippen molar-refractivity contribution in [2.24, 2.45) is 10.9 Å². The zero-order valence-corrected chi connectivity index (χ0v) is 21.1. The zero-order chi connectivity index (χ0) is 22.1. The van der Waals surface area contributed by atoms with E-state index in [9.17, 15) is 13.2 Å². The van der Waals surface area contributed by atoms with Crippen LogP contribution in [0, 0.1) is 5.92 Å². The molecular weight excluding hydrogens is 536 g/mol. The quantitative estimate of drug-likeness (QED) is 0.274. The summed E-state index contributed by atoms with van der Waals surface area (Å²) >= 11 is 0. The molecule has 6 nitrogen and oxygen atoms in total. The number of ether oxygens (including phenoxy) is 1. The third kappa shape index (κ3) is 9.46. The van der Waals surface area contributed by atoms with E-state index in [1.54, 1.807) is 13.2 Å². The van der Waals surface area contributed by atoms with Crippen molar-refractivity contribution in [3.63, 3.8) is 0 Å². The molecule has 0 bridgehead atoms. The molecule has 1 aromatic heterocycles. The number of guanidine groups is 1. The van der Waals surface area contributed by atoms with Crippen LogP contribution in [0.15, 0.2) is 27.8 Å². The number of hydrogen-bond acceptors (Lipinski definition) is 4. The summed E-state index contributed by atoms with van der Waals surface area (Å²) < 4.78 is 49.6. The lowest BCUT2D eigenvalue weighted by atomic mass is 10.1. The molecule has 0 aliphatic carbocycles. The van der Waals surface area contributed by atoms with Gasteiger partial charge in [0.05, 0.1) is 25.5 Å². The molecule has 184 valence electrons. The van der Waals surface area contributed by atoms with Gasteiger partial charge in [-0.15, -0.1) is 24.0 Å². The van der Waals surface area contributed by atoms with Gasteiger partial charge in [-0.1, -0.05) is 6.92 Å². The Morgan fingerprint density at radius 2 is 2.16 bits per heavy atom. The molecular formula is C22H36F3IN4O2. The van der Waals surface area contributed by atoms with Crippen molar-refractivity contribution in [3.05, 3.63) is 24.2 Å². The van der Waals surface area contributed by atoms with Crippen LogP contribution in [-0.2, 0) is 11.2 Å². The minimum absolute atomic E-state index is 0. The molecule has 1 aromatic rings. The molecule has 0 amide bonds. The van der Waals surface area contributed by atoms with Crippen molar-refractivity contribution in [1.29, 1.82) is 0 Å². The van der Waals surface area contributed by atoms with Crippen LogP contribution in [0.1, 0.15) is 38.4 Å². The standard InChI is InChI=1S/C22H35F3N4O2.HI/c1-2-28(17-22(23,24)25)15-18-9-11-29(16-18)21(26-10-8-19-7-5-13-30-19)27-14-20-6-3-4-12-31-20;/h5,7,13,18,20H,2-4,6,8-12,14-17H2,1H3,(H,26,27);1H. The Hall–Kier alpha value is -1.01. The number of likely N-dealkylation sites (tertiary alicyclic amines) is 1. The molecule has 2 aliphatic heterocycles. The van der Waals surface area contributed by atoms with Crippen LogP contribution in [0.4, 0.5) is 13.2 Å². The van der Waals surface area contributed by atoms with E-state index in [-0.39, 0.29) is 36.0 Å². The number of rotatable bonds is 9. The highest BCUT2D eigenvalue weighted by molar-refractivity contribution is 14.0. The molecule has 0 radical (unpaired) electrons. The Labute approximate surface area is 206 Å². The molecule has 2 atom stereocenters. The fourth-order valence-corrected chi connectivity index (χ4v) is 4.26. The maximum atomic E-state index is 12.8. The van der Waals surface area contributed by atoms with Gasteiger partial charge in [0.25, 0.3) is 0 Å². The van der Waals surface area contributed by atoms with Crippen molar-refractivity contribution in [2.45, 2.75) is 51.3 Å². The van der Waals surface area contributed by atoms with E-state index in [1.807, 2.05) is 12.1 Å². The molecule has 2 unspecified atom stereocenters. The van der Waals surface area contributed by atoms with Crippen LogP contribution in [0.5, 0.6) is 0 Å². The summed E-state index contributed by atoms with van der Waals surface area (Å²) in [5, 5.41) is 3.43. The zero-order valence-electron chi connectivity index (χ0n) is 18.8. The Morgan fingerprint density at radius 3 is 2.81 bits per heavy atom. The van der Waals surface area contributed by atoms with Crippen molar-refractivity contribution in [1.82, 2.24) is 15.1 Å². The largest absolute Gasteiger partial charge is 0.469 e. The smallest absolute Gasteiger partial charge is 0.401 e. The lowest BCUT2D eigenvalue weighted by molar-refractivity contribution is -0.146. The van der Waals surface area contributed by atoms with Gasteiger partial charge >= 0.3 is 6.18 Å². The van der Waals surface area contributed by atoms with Gasteiger partial charge in [-0.05, 0) is 50.3 Å². The first-order chi connectivity index (χ1) is 14.9. The predicted molar refractivity (Wildman–Crippen MR) is 130 cm³/mol. The maximum Gasteiger partial charge on any atom is 0.401 e. The van der Waals surface area contributed by atoms with Crippen molar-refractivity contribution >= 4 is 29.9 Å². The topological polar surface area (TPSA) is 53.2 Å². The van der Waals surface area contributed by atoms with Crippen molar-refractivity contribution < 1.29 is 22.3 Å². The monoisotopic (exact) mass is 572 g/mol. The Morgan fingerprint density at radius 1 is 1.31 bits per heavy atom. The third-order valence-electron chi connectivity index (χ3n) is 5.91. The number of aliphatic imine (C=N–C) groups is 1. The van der Waals surface area contributed by atoms with Gasteiger partial charge in [-0.3, -0.25) is 9.89 Å². The minimum Gasteiger partial charge on any atom is -0.469 e. The van der Waals surface area contributed by atoms with E-state index in [4.69, 9.17) is 14.1 Å². The third-order valence-corrected chi connectivity index (χ3v) is 5.91. The highest BCUT2D eigenvalue weighted by Gasteiger charge is 2.33. The molecule has 2 aliphatic rings. The van der Waals surface area contributed by atoms with Gasteiger partial charge in [-0.25, -0.2) is 0 Å². The van der Waals surface area contributed by atoms with Crippen LogP contribution in [0.25, 0.3) is 0 Å². The fraction of sp³-hybridized carbons (Fsp3) is 0.773. The summed E-state index contributed by atoms with van der Waals surface area (Å²) in [6.07, 6.45) is 2.56. The molecule has 0 aromatic carbocycles. The molecule has 3 rings (SSSR count). The van der Waals surface area contributed by atoms with Crippen LogP contribution in [0.2, 0.25) is 0 Å². The first kappa shape index (κ1) is 27.2. The Bertz CT molecular complexity index is 667. The van der Waals surface area contributed by atoms with E-state index in [0.29, 0.717) is 32.7 Å². The molecule has 2 fully saturated rings. The Balaban J connectivity index is 0.00000363. The summed E-state index contributed by atoms with van der Waals surface area (Å²) in [7, 11) is 0. The Kier molecular flexibility index (Phi) is 11.6. The predicted octanol–water partition coefficient (Wildman–Crippen LogP) is 4.16. The molecule has 2 saturated heterocycles. The average molecular weight is 572 g/mol. The second kappa shape index (κ2) is 13.6. The summed E-state index contributed by atoms with van der Waals surface area (Å²) in [4.78, 5) is 8.49. The molecule has 10 heteroatoms. The molecule has 0 spiro atoms. The van der Waals surface area contributed by atoms with Crippen LogP contribution in [-0.4, -0.2) is 80.5 Å². The first-order valence-electron chi connectivity index (χ1n) is 11.4. The highest BCUT2D eigenvalue weighted by Crippen LogP contribution is 2.22. The van der Waals surface area contributed by atoms with E-state index in [0.717, 1.165) is 50.6 Å². The van der Waals surface area contributed by atoms with Gasteiger partial charge < -0.3 is 19.4 Å². The van der Waals surface area contributed by atoms with Crippen LogP contribution >= 0.6 is 24.0 Å². The van der Waals surface area contributed by atoms with Gasteiger partial charge in [0.2, 0.25) is 0 Å². The number of alkyl halides is 3. The average Bonchev–Trinajstić information content (AvgIpc) is 3.42. The van der Waals surface area contributed by atoms with Gasteiger partial charge in [-0.2, -0.15) is 13.2 Å². The molecule has 0 saturated carbocycles. The second-order valence-corrected chi connectivity index (χ2v) is 8.45. The maximum absolute atomic E-state index is 12.8.